The Morgan fingerprint density at radius 2 is 1.92 bits per heavy atom. The summed E-state index contributed by atoms with van der Waals surface area (Å²) in [6, 6.07) is 0.743. The van der Waals surface area contributed by atoms with Crippen molar-refractivity contribution >= 4 is 5.96 Å². The molecule has 0 radical (unpaired) electrons. The largest absolute Gasteiger partial charge is 0.401 e. The Morgan fingerprint density at radius 3 is 2.58 bits per heavy atom. The zero-order valence-corrected chi connectivity index (χ0v) is 16.1. The second-order valence-electron chi connectivity index (χ2n) is 7.61. The fourth-order valence-corrected chi connectivity index (χ4v) is 3.98. The molecule has 0 spiro atoms. The lowest BCUT2D eigenvalue weighted by molar-refractivity contribution is -0.143. The van der Waals surface area contributed by atoms with Gasteiger partial charge < -0.3 is 15.5 Å². The lowest BCUT2D eigenvalue weighted by atomic mass is 9.94. The molecule has 2 N–H and O–H groups in total. The predicted octanol–water partition coefficient (Wildman–Crippen LogP) is 2.44. The van der Waals surface area contributed by atoms with Gasteiger partial charge in [0.15, 0.2) is 5.96 Å². The van der Waals surface area contributed by atoms with Crippen LogP contribution in [0.25, 0.3) is 0 Å². The third-order valence-electron chi connectivity index (χ3n) is 5.42. The quantitative estimate of drug-likeness (QED) is 0.406. The van der Waals surface area contributed by atoms with Crippen molar-refractivity contribution in [3.05, 3.63) is 0 Å². The van der Waals surface area contributed by atoms with E-state index >= 15 is 0 Å². The highest BCUT2D eigenvalue weighted by Gasteiger charge is 2.34. The molecule has 0 aromatic heterocycles. The Morgan fingerprint density at radius 1 is 1.19 bits per heavy atom. The molecule has 2 fully saturated rings. The molecule has 1 saturated heterocycles. The summed E-state index contributed by atoms with van der Waals surface area (Å²) in [6.45, 7) is 1.92. The van der Waals surface area contributed by atoms with Crippen LogP contribution in [0.4, 0.5) is 13.2 Å². The van der Waals surface area contributed by atoms with E-state index in [4.69, 9.17) is 0 Å². The van der Waals surface area contributed by atoms with Crippen molar-refractivity contribution in [3.8, 4) is 0 Å². The number of aliphatic imine (C=N–C) groups is 1. The first-order valence-electron chi connectivity index (χ1n) is 9.84. The van der Waals surface area contributed by atoms with Gasteiger partial charge in [0, 0.05) is 38.8 Å². The van der Waals surface area contributed by atoms with E-state index < -0.39 is 12.7 Å². The van der Waals surface area contributed by atoms with Crippen molar-refractivity contribution in [2.45, 2.75) is 63.2 Å². The first-order chi connectivity index (χ1) is 12.4. The minimum absolute atomic E-state index is 0.0217. The van der Waals surface area contributed by atoms with Gasteiger partial charge in [0.2, 0.25) is 0 Å². The fraction of sp³-hybridized carbons (Fsp3) is 0.944. The van der Waals surface area contributed by atoms with Gasteiger partial charge in [-0.25, -0.2) is 0 Å². The molecule has 8 heteroatoms. The van der Waals surface area contributed by atoms with Gasteiger partial charge in [-0.3, -0.25) is 9.89 Å². The number of rotatable bonds is 7. The number of likely N-dealkylation sites (tertiary alicyclic amines) is 1. The number of hydrogen-bond donors (Lipinski definition) is 2. The van der Waals surface area contributed by atoms with Gasteiger partial charge in [-0.15, -0.1) is 0 Å². The molecule has 0 aromatic carbocycles. The van der Waals surface area contributed by atoms with Crippen LogP contribution in [0.2, 0.25) is 0 Å². The Balaban J connectivity index is 1.61. The maximum atomic E-state index is 12.5. The van der Waals surface area contributed by atoms with Crippen LogP contribution >= 0.6 is 0 Å². The van der Waals surface area contributed by atoms with Crippen LogP contribution in [0.15, 0.2) is 4.99 Å². The maximum Gasteiger partial charge on any atom is 0.401 e. The van der Waals surface area contributed by atoms with Crippen LogP contribution in [-0.4, -0.2) is 80.8 Å². The lowest BCUT2D eigenvalue weighted by Gasteiger charge is -2.31. The maximum absolute atomic E-state index is 12.5. The minimum Gasteiger partial charge on any atom is -0.356 e. The van der Waals surface area contributed by atoms with Crippen molar-refractivity contribution in [1.29, 1.82) is 0 Å². The molecule has 152 valence electrons. The van der Waals surface area contributed by atoms with Crippen LogP contribution in [0.3, 0.4) is 0 Å². The van der Waals surface area contributed by atoms with Crippen molar-refractivity contribution in [2.24, 2.45) is 4.99 Å². The number of alkyl halides is 3. The Bertz CT molecular complexity index is 435. The molecular weight excluding hydrogens is 343 g/mol. The van der Waals surface area contributed by atoms with Crippen molar-refractivity contribution in [3.63, 3.8) is 0 Å². The number of guanidine groups is 1. The zero-order valence-electron chi connectivity index (χ0n) is 16.1. The highest BCUT2D eigenvalue weighted by molar-refractivity contribution is 5.79. The van der Waals surface area contributed by atoms with Gasteiger partial charge in [-0.05, 0) is 39.3 Å². The van der Waals surface area contributed by atoms with E-state index in [2.05, 4.69) is 27.6 Å². The summed E-state index contributed by atoms with van der Waals surface area (Å²) in [6.07, 6.45) is 4.29. The first kappa shape index (κ1) is 21.3. The first-order valence-corrected chi connectivity index (χ1v) is 9.84. The van der Waals surface area contributed by atoms with Gasteiger partial charge in [-0.1, -0.05) is 19.3 Å². The fourth-order valence-electron chi connectivity index (χ4n) is 3.98. The summed E-state index contributed by atoms with van der Waals surface area (Å²) in [7, 11) is 3.91. The van der Waals surface area contributed by atoms with E-state index in [-0.39, 0.29) is 6.04 Å². The molecule has 1 atom stereocenters. The average molecular weight is 377 g/mol. The van der Waals surface area contributed by atoms with Crippen molar-refractivity contribution < 1.29 is 13.2 Å². The smallest absolute Gasteiger partial charge is 0.356 e. The van der Waals surface area contributed by atoms with E-state index in [1.54, 1.807) is 7.05 Å². The molecule has 0 bridgehead atoms. The monoisotopic (exact) mass is 377 g/mol. The number of halogens is 3. The van der Waals surface area contributed by atoms with Crippen LogP contribution in [-0.2, 0) is 0 Å². The third-order valence-corrected chi connectivity index (χ3v) is 5.42. The molecule has 1 unspecified atom stereocenters. The normalized spacial score (nSPS) is 23.6. The SMILES string of the molecule is CN=C(NCCCN(C)C1CCCCC1)NC1CCN(CC(F)(F)F)C1. The molecular formula is C18H34F3N5. The molecule has 0 amide bonds. The molecule has 1 aliphatic carbocycles. The molecule has 2 aliphatic rings. The average Bonchev–Trinajstić information content (AvgIpc) is 3.03. The lowest BCUT2D eigenvalue weighted by Crippen LogP contribution is -2.45. The summed E-state index contributed by atoms with van der Waals surface area (Å²) >= 11 is 0. The predicted molar refractivity (Wildman–Crippen MR) is 99.5 cm³/mol. The van der Waals surface area contributed by atoms with Gasteiger partial charge >= 0.3 is 6.18 Å². The van der Waals surface area contributed by atoms with Gasteiger partial charge in [0.1, 0.15) is 0 Å². The van der Waals surface area contributed by atoms with Crippen LogP contribution in [0, 0.1) is 0 Å². The highest BCUT2D eigenvalue weighted by Crippen LogP contribution is 2.21. The Kier molecular flexibility index (Phi) is 8.47. The molecule has 2 rings (SSSR count). The van der Waals surface area contributed by atoms with Crippen LogP contribution in [0.5, 0.6) is 0 Å². The van der Waals surface area contributed by atoms with Crippen molar-refractivity contribution in [1.82, 2.24) is 20.4 Å². The van der Waals surface area contributed by atoms with E-state index in [1.807, 2.05) is 0 Å². The molecule has 26 heavy (non-hydrogen) atoms. The van der Waals surface area contributed by atoms with Gasteiger partial charge in [-0.2, -0.15) is 13.2 Å². The second-order valence-corrected chi connectivity index (χ2v) is 7.61. The van der Waals surface area contributed by atoms with E-state index in [1.165, 1.54) is 37.0 Å². The van der Waals surface area contributed by atoms with Gasteiger partial charge in [0.25, 0.3) is 0 Å². The summed E-state index contributed by atoms with van der Waals surface area (Å²) < 4.78 is 37.4. The summed E-state index contributed by atoms with van der Waals surface area (Å²) in [5, 5.41) is 6.54. The topological polar surface area (TPSA) is 42.9 Å². The third kappa shape index (κ3) is 7.70. The number of nitrogens with zero attached hydrogens (tertiary/aromatic N) is 3. The Labute approximate surface area is 155 Å². The standard InChI is InChI=1S/C18H34F3N5/c1-22-17(24-15-9-12-26(13-15)14-18(19,20)21)23-10-6-11-25(2)16-7-4-3-5-8-16/h15-16H,3-14H2,1-2H3,(H2,22,23,24). The molecule has 1 aliphatic heterocycles. The van der Waals surface area contributed by atoms with E-state index in [0.29, 0.717) is 25.5 Å². The molecule has 1 heterocycles. The minimum atomic E-state index is -4.13. The summed E-state index contributed by atoms with van der Waals surface area (Å²) in [5.41, 5.74) is 0. The molecule has 0 aromatic rings. The Hall–Kier alpha value is -1.02. The van der Waals surface area contributed by atoms with E-state index in [0.717, 1.165) is 25.6 Å². The van der Waals surface area contributed by atoms with Gasteiger partial charge in [0.05, 0.1) is 6.54 Å². The number of nitrogens with one attached hydrogen (secondary N) is 2. The summed E-state index contributed by atoms with van der Waals surface area (Å²) in [4.78, 5) is 8.11. The number of hydrogen-bond acceptors (Lipinski definition) is 3. The van der Waals surface area contributed by atoms with Crippen LogP contribution in [0.1, 0.15) is 44.9 Å². The van der Waals surface area contributed by atoms with Crippen molar-refractivity contribution in [2.75, 3.05) is 46.8 Å². The molecule has 1 saturated carbocycles. The van der Waals surface area contributed by atoms with E-state index in [9.17, 15) is 13.2 Å². The molecule has 5 nitrogen and oxygen atoms in total. The highest BCUT2D eigenvalue weighted by atomic mass is 19.4. The summed E-state index contributed by atoms with van der Waals surface area (Å²) in [5.74, 6) is 0.684. The van der Waals surface area contributed by atoms with Crippen LogP contribution < -0.4 is 10.6 Å². The second kappa shape index (κ2) is 10.3. The zero-order chi connectivity index (χ0) is 19.0.